The van der Waals surface area contributed by atoms with Gasteiger partial charge in [-0.3, -0.25) is 4.90 Å². The Labute approximate surface area is 361 Å². The highest BCUT2D eigenvalue weighted by Gasteiger charge is 2.34. The minimum atomic E-state index is -4.52. The molecule has 3 aliphatic rings. The second-order valence-electron chi connectivity index (χ2n) is 14.9. The molecule has 19 heteroatoms. The molecule has 0 spiro atoms. The number of rotatable bonds is 8. The normalized spacial score (nSPS) is 17.5. The lowest BCUT2D eigenvalue weighted by atomic mass is 9.92. The van der Waals surface area contributed by atoms with Crippen molar-refractivity contribution in [1.82, 2.24) is 29.3 Å². The average Bonchev–Trinajstić information content (AvgIpc) is 3.83. The van der Waals surface area contributed by atoms with Crippen LogP contribution in [0.3, 0.4) is 0 Å². The SMILES string of the molecule is Cc1c(Cl)c2c(Cl)c(C)c1-c1c(-c3ccc(F)cc3)sc3ncnc(c13)O[C@@H](C(=O)O)c1cc(ccc1OCc1cncn1CC(F)(F)F)OC[C@@H](CN1CCN(C)CC1)O2. The number of carbonyl (C=O) groups is 1. The van der Waals surface area contributed by atoms with Gasteiger partial charge >= 0.3 is 12.1 Å². The third-order valence-electron chi connectivity index (χ3n) is 10.6. The number of hydrogen-bond acceptors (Lipinski definition) is 11. The zero-order valence-corrected chi connectivity index (χ0v) is 35.3. The molecule has 0 radical (unpaired) electrons. The summed E-state index contributed by atoms with van der Waals surface area (Å²) in [6.45, 7) is 5.59. The van der Waals surface area contributed by atoms with Crippen LogP contribution in [0.25, 0.3) is 31.8 Å². The number of benzene rings is 3. The minimum absolute atomic E-state index is 0.00573. The molecule has 1 saturated heterocycles. The van der Waals surface area contributed by atoms with E-state index in [9.17, 15) is 27.5 Å². The molecule has 61 heavy (non-hydrogen) atoms. The van der Waals surface area contributed by atoms with Crippen LogP contribution in [0.5, 0.6) is 23.1 Å². The van der Waals surface area contributed by atoms with Crippen molar-refractivity contribution in [1.29, 1.82) is 0 Å². The number of alkyl halides is 3. The number of nitrogens with zero attached hydrogens (tertiary/aromatic N) is 6. The molecule has 1 N–H and O–H groups in total. The van der Waals surface area contributed by atoms with Crippen molar-refractivity contribution >= 4 is 50.7 Å². The number of halogens is 6. The molecule has 6 aromatic rings. The number of thiophene rings is 1. The number of aromatic nitrogens is 4. The Morgan fingerprint density at radius 2 is 1.72 bits per heavy atom. The largest absolute Gasteiger partial charge is 0.490 e. The fraction of sp³-hybridized carbons (Fsp3) is 0.333. The molecule has 2 atom stereocenters. The molecule has 3 aromatic heterocycles. The number of aliphatic carboxylic acids is 1. The second-order valence-corrected chi connectivity index (χ2v) is 16.6. The number of carboxylic acids is 1. The summed E-state index contributed by atoms with van der Waals surface area (Å²) in [5.74, 6) is -1.53. The fourth-order valence-electron chi connectivity index (χ4n) is 7.52. The molecular formula is C42H38Cl2F4N6O6S. The molecule has 9 rings (SSSR count). The Hall–Kier alpha value is -5.20. The maximum Gasteiger partial charge on any atom is 0.406 e. The number of imidazole rings is 1. The summed E-state index contributed by atoms with van der Waals surface area (Å²) in [6.07, 6.45) is -3.45. The Kier molecular flexibility index (Phi) is 12.0. The maximum atomic E-state index is 14.3. The summed E-state index contributed by atoms with van der Waals surface area (Å²) in [6, 6.07) is 10.4. The molecule has 3 aliphatic heterocycles. The van der Waals surface area contributed by atoms with Crippen LogP contribution in [0.2, 0.25) is 10.0 Å². The van der Waals surface area contributed by atoms with Crippen LogP contribution in [-0.4, -0.2) is 99.1 Å². The number of ether oxygens (including phenoxy) is 4. The zero-order chi connectivity index (χ0) is 43.2. The third-order valence-corrected chi connectivity index (χ3v) is 12.7. The van der Waals surface area contributed by atoms with Gasteiger partial charge in [0, 0.05) is 48.7 Å². The molecule has 0 unspecified atom stereocenters. The van der Waals surface area contributed by atoms with Gasteiger partial charge in [0.2, 0.25) is 12.0 Å². The highest BCUT2D eigenvalue weighted by Crippen LogP contribution is 2.53. The highest BCUT2D eigenvalue weighted by molar-refractivity contribution is 7.22. The van der Waals surface area contributed by atoms with Gasteiger partial charge in [0.25, 0.3) is 0 Å². The van der Waals surface area contributed by atoms with E-state index in [1.54, 1.807) is 18.2 Å². The van der Waals surface area contributed by atoms with Crippen molar-refractivity contribution in [3.8, 4) is 44.7 Å². The summed E-state index contributed by atoms with van der Waals surface area (Å²) in [4.78, 5) is 31.7. The van der Waals surface area contributed by atoms with Crippen LogP contribution in [0.4, 0.5) is 17.6 Å². The highest BCUT2D eigenvalue weighted by atomic mass is 35.5. The maximum absolute atomic E-state index is 14.3. The van der Waals surface area contributed by atoms with Gasteiger partial charge < -0.3 is 33.5 Å². The van der Waals surface area contributed by atoms with Crippen LogP contribution in [-0.2, 0) is 17.9 Å². The van der Waals surface area contributed by atoms with Gasteiger partial charge in [0.1, 0.15) is 54.3 Å². The van der Waals surface area contributed by atoms with Crippen LogP contribution in [0, 0.1) is 19.7 Å². The first-order valence-electron chi connectivity index (χ1n) is 19.1. The third kappa shape index (κ3) is 8.93. The molecule has 12 nitrogen and oxygen atoms in total. The molecule has 320 valence electrons. The van der Waals surface area contributed by atoms with Gasteiger partial charge in [-0.05, 0) is 73.5 Å². The van der Waals surface area contributed by atoms with E-state index in [0.717, 1.165) is 37.1 Å². The first kappa shape index (κ1) is 42.5. The standard InChI is InChI=1S/C42H38Cl2F4N6O6S/c1-22-31-23(2)35(44)37(34(22)43)59-28(16-53-12-10-52(3)11-13-53)18-57-27-8-9-30(58-17-26-15-49-21-54(26)19-42(46,47)48)29(14-27)36(41(55)56)60-39-33-32(31)38(61-40(33)51-20-50-39)24-4-6-25(45)7-5-24/h4-9,14-15,20-21,28,36H,10-13,16-19H2,1-3H3,(H,55,56)/t28-,36-/m1/s1. The Morgan fingerprint density at radius 3 is 2.41 bits per heavy atom. The van der Waals surface area contributed by atoms with Gasteiger partial charge in [-0.25, -0.2) is 24.1 Å². The van der Waals surface area contributed by atoms with E-state index < -0.39 is 36.7 Å². The van der Waals surface area contributed by atoms with Gasteiger partial charge in [-0.15, -0.1) is 11.3 Å². The van der Waals surface area contributed by atoms with Crippen molar-refractivity contribution in [3.05, 3.63) is 99.6 Å². The predicted octanol–water partition coefficient (Wildman–Crippen LogP) is 9.02. The number of carboxylic acid groups (broad SMARTS) is 1. The quantitative estimate of drug-likeness (QED) is 0.147. The van der Waals surface area contributed by atoms with Crippen LogP contribution in [0.15, 0.2) is 61.3 Å². The molecule has 3 aromatic carbocycles. The number of likely N-dealkylation sites (N-methyl/N-ethyl adjacent to an activating group) is 1. The number of hydrogen-bond donors (Lipinski definition) is 1. The molecular weight excluding hydrogens is 863 g/mol. The topological polar surface area (TPSA) is 124 Å². The smallest absolute Gasteiger partial charge is 0.406 e. The van der Waals surface area contributed by atoms with E-state index in [2.05, 4.69) is 31.8 Å². The van der Waals surface area contributed by atoms with E-state index >= 15 is 0 Å². The summed E-state index contributed by atoms with van der Waals surface area (Å²) in [5, 5.41) is 11.7. The van der Waals surface area contributed by atoms with Crippen LogP contribution in [0.1, 0.15) is 28.5 Å². The molecule has 0 saturated carbocycles. The van der Waals surface area contributed by atoms with Gasteiger partial charge in [0.05, 0.1) is 33.6 Å². The first-order valence-corrected chi connectivity index (χ1v) is 20.7. The van der Waals surface area contributed by atoms with Crippen molar-refractivity contribution in [2.45, 2.75) is 45.4 Å². The lowest BCUT2D eigenvalue weighted by molar-refractivity contribution is -0.145. The lowest BCUT2D eigenvalue weighted by Gasteiger charge is -2.35. The fourth-order valence-corrected chi connectivity index (χ4v) is 9.18. The minimum Gasteiger partial charge on any atom is -0.490 e. The van der Waals surface area contributed by atoms with Gasteiger partial charge in [-0.1, -0.05) is 35.3 Å². The Balaban J connectivity index is 1.31. The summed E-state index contributed by atoms with van der Waals surface area (Å²) in [7, 11) is 2.05. The van der Waals surface area contributed by atoms with Crippen molar-refractivity contribution < 1.29 is 46.4 Å². The van der Waals surface area contributed by atoms with E-state index in [1.165, 1.54) is 48.1 Å². The number of fused-ring (bicyclic) bond motifs is 6. The Morgan fingerprint density at radius 1 is 1.00 bits per heavy atom. The van der Waals surface area contributed by atoms with E-state index in [-0.39, 0.29) is 57.6 Å². The predicted molar refractivity (Wildman–Crippen MR) is 222 cm³/mol. The molecule has 6 heterocycles. The second kappa shape index (κ2) is 17.3. The first-order chi connectivity index (χ1) is 29.1. The molecule has 0 amide bonds. The molecule has 4 bridgehead atoms. The zero-order valence-electron chi connectivity index (χ0n) is 32.9. The van der Waals surface area contributed by atoms with Crippen molar-refractivity contribution in [2.24, 2.45) is 0 Å². The summed E-state index contributed by atoms with van der Waals surface area (Å²) in [5.41, 5.74) is 2.98. The van der Waals surface area contributed by atoms with E-state index in [1.807, 2.05) is 13.8 Å². The molecule has 1 fully saturated rings. The number of piperazine rings is 1. The van der Waals surface area contributed by atoms with E-state index in [4.69, 9.17) is 42.1 Å². The van der Waals surface area contributed by atoms with E-state index in [0.29, 0.717) is 49.5 Å². The van der Waals surface area contributed by atoms with Crippen molar-refractivity contribution in [2.75, 3.05) is 46.4 Å². The lowest BCUT2D eigenvalue weighted by Crippen LogP contribution is -2.49. The van der Waals surface area contributed by atoms with Gasteiger partial charge in [0.15, 0.2) is 5.75 Å². The Bertz CT molecular complexity index is 2570. The van der Waals surface area contributed by atoms with Crippen molar-refractivity contribution in [3.63, 3.8) is 0 Å². The summed E-state index contributed by atoms with van der Waals surface area (Å²) >= 11 is 15.7. The van der Waals surface area contributed by atoms with Crippen LogP contribution >= 0.6 is 34.5 Å². The van der Waals surface area contributed by atoms with Crippen LogP contribution < -0.4 is 18.9 Å². The monoisotopic (exact) mass is 900 g/mol. The van der Waals surface area contributed by atoms with Gasteiger partial charge in [-0.2, -0.15) is 13.2 Å². The molecule has 0 aliphatic carbocycles. The average molecular weight is 902 g/mol. The summed E-state index contributed by atoms with van der Waals surface area (Å²) < 4.78 is 80.8.